The van der Waals surface area contributed by atoms with Crippen molar-refractivity contribution in [2.24, 2.45) is 5.92 Å². The Morgan fingerprint density at radius 1 is 1.21 bits per heavy atom. The number of hydrogen-bond acceptors (Lipinski definition) is 4. The molecule has 2 saturated heterocycles. The largest absolute Gasteiger partial charge is 0.365 e. The van der Waals surface area contributed by atoms with Crippen LogP contribution in [-0.2, 0) is 9.59 Å². The minimum absolute atomic E-state index is 0.105. The molecule has 150 valence electrons. The Balaban J connectivity index is 1.48. The van der Waals surface area contributed by atoms with Crippen LogP contribution in [0.2, 0.25) is 0 Å². The summed E-state index contributed by atoms with van der Waals surface area (Å²) in [6, 6.07) is 3.12. The molecular weight excluding hydrogens is 370 g/mol. The highest BCUT2D eigenvalue weighted by molar-refractivity contribution is 6.09. The van der Waals surface area contributed by atoms with E-state index in [-0.39, 0.29) is 11.9 Å². The Hall–Kier alpha value is -2.71. The predicted octanol–water partition coefficient (Wildman–Crippen LogP) is 1.38. The van der Waals surface area contributed by atoms with E-state index in [2.05, 4.69) is 10.6 Å². The highest BCUT2D eigenvalue weighted by Crippen LogP contribution is 2.39. The molecule has 4 amide bonds. The van der Waals surface area contributed by atoms with Gasteiger partial charge in [-0.25, -0.2) is 13.6 Å². The molecule has 3 atom stereocenters. The third kappa shape index (κ3) is 2.89. The fourth-order valence-electron chi connectivity index (χ4n) is 4.69. The van der Waals surface area contributed by atoms with Gasteiger partial charge in [0.25, 0.3) is 5.91 Å². The number of nitrogens with zero attached hydrogens (tertiary/aromatic N) is 2. The van der Waals surface area contributed by atoms with Crippen LogP contribution in [0.15, 0.2) is 18.2 Å². The first-order chi connectivity index (χ1) is 13.3. The molecule has 2 N–H and O–H groups in total. The summed E-state index contributed by atoms with van der Waals surface area (Å²) in [4.78, 5) is 40.8. The van der Waals surface area contributed by atoms with Crippen LogP contribution in [-0.4, -0.2) is 54.0 Å². The number of halogens is 2. The van der Waals surface area contributed by atoms with E-state index in [1.54, 1.807) is 4.90 Å². The lowest BCUT2D eigenvalue weighted by atomic mass is 9.85. The summed E-state index contributed by atoms with van der Waals surface area (Å²) in [5.41, 5.74) is -0.576. The molecule has 2 heterocycles. The van der Waals surface area contributed by atoms with Crippen LogP contribution in [0.25, 0.3) is 0 Å². The van der Waals surface area contributed by atoms with Crippen molar-refractivity contribution in [3.05, 3.63) is 29.8 Å². The molecule has 0 radical (unpaired) electrons. The first-order valence-corrected chi connectivity index (χ1v) is 9.46. The van der Waals surface area contributed by atoms with Crippen molar-refractivity contribution < 1.29 is 23.2 Å². The number of carbonyl (C=O) groups is 3. The van der Waals surface area contributed by atoms with Crippen molar-refractivity contribution in [1.29, 1.82) is 0 Å². The Morgan fingerprint density at radius 3 is 2.64 bits per heavy atom. The van der Waals surface area contributed by atoms with Crippen LogP contribution in [0.5, 0.6) is 0 Å². The van der Waals surface area contributed by atoms with Crippen LogP contribution in [0.4, 0.5) is 19.3 Å². The summed E-state index contributed by atoms with van der Waals surface area (Å²) in [6.45, 7) is 3.19. The van der Waals surface area contributed by atoms with Gasteiger partial charge in [-0.15, -0.1) is 0 Å². The van der Waals surface area contributed by atoms with Crippen LogP contribution in [0.1, 0.15) is 26.2 Å². The van der Waals surface area contributed by atoms with E-state index in [1.807, 2.05) is 11.8 Å². The number of imide groups is 1. The van der Waals surface area contributed by atoms with Gasteiger partial charge in [0.2, 0.25) is 5.91 Å². The topological polar surface area (TPSA) is 81.8 Å². The second kappa shape index (κ2) is 6.72. The average Bonchev–Trinajstić information content (AvgIpc) is 3.20. The number of carbonyl (C=O) groups excluding carboxylic acids is 3. The fraction of sp³-hybridized carbons (Fsp3) is 0.526. The van der Waals surface area contributed by atoms with Gasteiger partial charge < -0.3 is 15.1 Å². The van der Waals surface area contributed by atoms with Crippen molar-refractivity contribution in [3.8, 4) is 0 Å². The quantitative estimate of drug-likeness (QED) is 0.745. The van der Waals surface area contributed by atoms with Gasteiger partial charge >= 0.3 is 6.03 Å². The molecule has 3 fully saturated rings. The summed E-state index contributed by atoms with van der Waals surface area (Å²) < 4.78 is 26.8. The van der Waals surface area contributed by atoms with E-state index in [0.717, 1.165) is 12.1 Å². The van der Waals surface area contributed by atoms with Crippen LogP contribution >= 0.6 is 0 Å². The van der Waals surface area contributed by atoms with E-state index < -0.39 is 35.0 Å². The number of benzene rings is 1. The third-order valence-electron chi connectivity index (χ3n) is 6.10. The van der Waals surface area contributed by atoms with Gasteiger partial charge in [0, 0.05) is 37.4 Å². The van der Waals surface area contributed by atoms with E-state index >= 15 is 0 Å². The van der Waals surface area contributed by atoms with E-state index in [9.17, 15) is 23.2 Å². The SMILES string of the molecule is C[C@H]1CN(C(=O)C2CCCC23NC(=O)NC3=O)CCN1c1ccc(F)c(F)c1. The molecule has 1 aromatic carbocycles. The van der Waals surface area contributed by atoms with Gasteiger partial charge in [0.1, 0.15) is 5.54 Å². The van der Waals surface area contributed by atoms with Gasteiger partial charge in [-0.2, -0.15) is 0 Å². The Labute approximate surface area is 161 Å². The fourth-order valence-corrected chi connectivity index (χ4v) is 4.69. The summed E-state index contributed by atoms with van der Waals surface area (Å²) in [5, 5.41) is 4.92. The number of rotatable bonds is 2. The minimum atomic E-state index is -1.14. The summed E-state index contributed by atoms with van der Waals surface area (Å²) in [5.74, 6) is -2.96. The Kier molecular flexibility index (Phi) is 4.47. The highest BCUT2D eigenvalue weighted by atomic mass is 19.2. The van der Waals surface area contributed by atoms with Gasteiger partial charge in [-0.1, -0.05) is 0 Å². The van der Waals surface area contributed by atoms with Crippen LogP contribution < -0.4 is 15.5 Å². The zero-order valence-electron chi connectivity index (χ0n) is 15.5. The average molecular weight is 392 g/mol. The minimum Gasteiger partial charge on any atom is -0.365 e. The van der Waals surface area contributed by atoms with Gasteiger partial charge in [0.05, 0.1) is 5.92 Å². The summed E-state index contributed by atoms with van der Waals surface area (Å²) in [7, 11) is 0. The molecule has 1 aliphatic carbocycles. The number of urea groups is 1. The van der Waals surface area contributed by atoms with E-state index in [0.29, 0.717) is 44.6 Å². The number of piperazine rings is 1. The number of anilines is 1. The predicted molar refractivity (Wildman–Crippen MR) is 96.5 cm³/mol. The molecule has 4 rings (SSSR count). The first kappa shape index (κ1) is 18.6. The number of amides is 4. The second-order valence-electron chi connectivity index (χ2n) is 7.75. The van der Waals surface area contributed by atoms with Gasteiger partial charge in [0.15, 0.2) is 11.6 Å². The molecule has 3 aliphatic rings. The van der Waals surface area contributed by atoms with Gasteiger partial charge in [-0.05, 0) is 38.3 Å². The molecule has 1 aromatic rings. The maximum absolute atomic E-state index is 13.6. The zero-order valence-corrected chi connectivity index (χ0v) is 15.5. The molecule has 0 aromatic heterocycles. The van der Waals surface area contributed by atoms with E-state index in [1.165, 1.54) is 6.07 Å². The number of hydrogen-bond donors (Lipinski definition) is 2. The standard InChI is InChI=1S/C19H22F2N4O3/c1-11-10-24(7-8-25(11)12-4-5-14(20)15(21)9-12)16(26)13-3-2-6-19(13)17(27)22-18(28)23-19/h4-5,9,11,13H,2-3,6-8,10H2,1H3,(H2,22,23,27,28)/t11-,13?,19?/m0/s1. The second-order valence-corrected chi connectivity index (χ2v) is 7.75. The molecule has 2 aliphatic heterocycles. The van der Waals surface area contributed by atoms with Crippen molar-refractivity contribution in [2.45, 2.75) is 37.8 Å². The van der Waals surface area contributed by atoms with Crippen molar-refractivity contribution in [2.75, 3.05) is 24.5 Å². The molecule has 1 spiro atoms. The van der Waals surface area contributed by atoms with Crippen LogP contribution in [0.3, 0.4) is 0 Å². The van der Waals surface area contributed by atoms with Crippen molar-refractivity contribution >= 4 is 23.5 Å². The lowest BCUT2D eigenvalue weighted by molar-refractivity contribution is -0.142. The lowest BCUT2D eigenvalue weighted by Crippen LogP contribution is -2.59. The third-order valence-corrected chi connectivity index (χ3v) is 6.10. The van der Waals surface area contributed by atoms with Crippen molar-refractivity contribution in [1.82, 2.24) is 15.5 Å². The lowest BCUT2D eigenvalue weighted by Gasteiger charge is -2.43. The highest BCUT2D eigenvalue weighted by Gasteiger charge is 2.57. The summed E-state index contributed by atoms with van der Waals surface area (Å²) in [6.07, 6.45) is 1.68. The first-order valence-electron chi connectivity index (χ1n) is 9.46. The monoisotopic (exact) mass is 392 g/mol. The molecule has 2 unspecified atom stereocenters. The van der Waals surface area contributed by atoms with Crippen LogP contribution in [0, 0.1) is 17.6 Å². The molecule has 7 nitrogen and oxygen atoms in total. The molecule has 1 saturated carbocycles. The summed E-state index contributed by atoms with van der Waals surface area (Å²) >= 11 is 0. The van der Waals surface area contributed by atoms with Crippen molar-refractivity contribution in [3.63, 3.8) is 0 Å². The molecule has 0 bridgehead atoms. The number of nitrogens with one attached hydrogen (secondary N) is 2. The maximum Gasteiger partial charge on any atom is 0.322 e. The normalized spacial score (nSPS) is 30.0. The molecule has 9 heteroatoms. The molecular formula is C19H22F2N4O3. The van der Waals surface area contributed by atoms with Gasteiger partial charge in [-0.3, -0.25) is 14.9 Å². The maximum atomic E-state index is 13.6. The zero-order chi connectivity index (χ0) is 20.1. The smallest absolute Gasteiger partial charge is 0.322 e. The van der Waals surface area contributed by atoms with E-state index in [4.69, 9.17) is 0 Å². The molecule has 28 heavy (non-hydrogen) atoms. The Bertz CT molecular complexity index is 848. The Morgan fingerprint density at radius 2 is 2.00 bits per heavy atom.